The molecule has 0 spiro atoms. The summed E-state index contributed by atoms with van der Waals surface area (Å²) in [6.07, 6.45) is 0.946. The highest BCUT2D eigenvalue weighted by Gasteiger charge is 2.08. The standard InChI is InChI=1S/C17H24N4/c1-5-15-9-14(11-18-3)10-17(20-15)21(4)12-16-8-6-7-13(2)19-16/h6-10,18H,5,11-12H2,1-4H3. The van der Waals surface area contributed by atoms with E-state index in [1.807, 2.05) is 26.1 Å². The van der Waals surface area contributed by atoms with E-state index >= 15 is 0 Å². The van der Waals surface area contributed by atoms with E-state index < -0.39 is 0 Å². The van der Waals surface area contributed by atoms with Gasteiger partial charge in [-0.05, 0) is 50.2 Å². The summed E-state index contributed by atoms with van der Waals surface area (Å²) >= 11 is 0. The molecule has 2 aromatic rings. The normalized spacial score (nSPS) is 10.7. The van der Waals surface area contributed by atoms with Crippen molar-refractivity contribution in [2.75, 3.05) is 19.0 Å². The Morgan fingerprint density at radius 2 is 1.95 bits per heavy atom. The molecule has 2 aromatic heterocycles. The zero-order valence-corrected chi connectivity index (χ0v) is 13.3. The minimum Gasteiger partial charge on any atom is -0.354 e. The van der Waals surface area contributed by atoms with Gasteiger partial charge in [-0.3, -0.25) is 4.98 Å². The molecule has 0 aliphatic carbocycles. The molecule has 0 fully saturated rings. The number of pyridine rings is 2. The lowest BCUT2D eigenvalue weighted by molar-refractivity contribution is 0.802. The fraction of sp³-hybridized carbons (Fsp3) is 0.412. The first-order chi connectivity index (χ1) is 10.1. The van der Waals surface area contributed by atoms with Crippen LogP contribution in [0, 0.1) is 6.92 Å². The average Bonchev–Trinajstić information content (AvgIpc) is 2.47. The molecule has 4 nitrogen and oxygen atoms in total. The van der Waals surface area contributed by atoms with Gasteiger partial charge in [0.05, 0.1) is 12.2 Å². The molecule has 0 radical (unpaired) electrons. The smallest absolute Gasteiger partial charge is 0.129 e. The van der Waals surface area contributed by atoms with Crippen molar-refractivity contribution in [1.82, 2.24) is 15.3 Å². The quantitative estimate of drug-likeness (QED) is 0.885. The summed E-state index contributed by atoms with van der Waals surface area (Å²) in [5.74, 6) is 1.00. The van der Waals surface area contributed by atoms with Gasteiger partial charge in [0, 0.05) is 25.0 Å². The predicted octanol–water partition coefficient (Wildman–Crippen LogP) is 2.70. The summed E-state index contributed by atoms with van der Waals surface area (Å²) in [5, 5.41) is 3.20. The van der Waals surface area contributed by atoms with E-state index in [1.54, 1.807) is 0 Å². The Morgan fingerprint density at radius 1 is 1.14 bits per heavy atom. The molecule has 2 heterocycles. The van der Waals surface area contributed by atoms with E-state index in [9.17, 15) is 0 Å². The molecule has 4 heteroatoms. The average molecular weight is 284 g/mol. The topological polar surface area (TPSA) is 41.0 Å². The van der Waals surface area contributed by atoms with Crippen molar-refractivity contribution >= 4 is 5.82 Å². The molecule has 0 saturated carbocycles. The molecule has 1 N–H and O–H groups in total. The van der Waals surface area contributed by atoms with Crippen molar-refractivity contribution < 1.29 is 0 Å². The molecule has 0 unspecified atom stereocenters. The number of nitrogens with zero attached hydrogens (tertiary/aromatic N) is 3. The maximum absolute atomic E-state index is 4.72. The molecule has 0 aliphatic rings. The van der Waals surface area contributed by atoms with Gasteiger partial charge in [-0.25, -0.2) is 4.98 Å². The number of aromatic nitrogens is 2. The Morgan fingerprint density at radius 3 is 2.62 bits per heavy atom. The Hall–Kier alpha value is -1.94. The Balaban J connectivity index is 2.21. The second-order valence-electron chi connectivity index (χ2n) is 5.34. The Labute approximate surface area is 127 Å². The second kappa shape index (κ2) is 7.18. The third-order valence-electron chi connectivity index (χ3n) is 3.40. The number of nitrogens with one attached hydrogen (secondary N) is 1. The van der Waals surface area contributed by atoms with Crippen LogP contribution in [0.1, 0.15) is 29.6 Å². The van der Waals surface area contributed by atoms with Crippen LogP contribution in [0.5, 0.6) is 0 Å². The van der Waals surface area contributed by atoms with Gasteiger partial charge in [-0.2, -0.15) is 0 Å². The van der Waals surface area contributed by atoms with Gasteiger partial charge in [-0.1, -0.05) is 13.0 Å². The predicted molar refractivity (Wildman–Crippen MR) is 87.5 cm³/mol. The van der Waals surface area contributed by atoms with Crippen LogP contribution < -0.4 is 10.2 Å². The maximum Gasteiger partial charge on any atom is 0.129 e. The minimum absolute atomic E-state index is 0.765. The maximum atomic E-state index is 4.72. The van der Waals surface area contributed by atoms with Crippen LogP contribution in [0.15, 0.2) is 30.3 Å². The number of aryl methyl sites for hydroxylation is 2. The van der Waals surface area contributed by atoms with Crippen molar-refractivity contribution in [3.63, 3.8) is 0 Å². The van der Waals surface area contributed by atoms with Crippen molar-refractivity contribution in [3.8, 4) is 0 Å². The van der Waals surface area contributed by atoms with Crippen molar-refractivity contribution in [1.29, 1.82) is 0 Å². The molecular weight excluding hydrogens is 260 g/mol. The van der Waals surface area contributed by atoms with Gasteiger partial charge in [0.25, 0.3) is 0 Å². The fourth-order valence-corrected chi connectivity index (χ4v) is 2.33. The highest BCUT2D eigenvalue weighted by Crippen LogP contribution is 2.16. The molecule has 21 heavy (non-hydrogen) atoms. The number of rotatable bonds is 6. The summed E-state index contributed by atoms with van der Waals surface area (Å²) in [6, 6.07) is 10.4. The van der Waals surface area contributed by atoms with Gasteiger partial charge in [0.2, 0.25) is 0 Å². The van der Waals surface area contributed by atoms with Gasteiger partial charge >= 0.3 is 0 Å². The summed E-state index contributed by atoms with van der Waals surface area (Å²) in [4.78, 5) is 11.4. The molecule has 2 rings (SSSR count). The first kappa shape index (κ1) is 15.4. The fourth-order valence-electron chi connectivity index (χ4n) is 2.33. The van der Waals surface area contributed by atoms with Gasteiger partial charge in [-0.15, -0.1) is 0 Å². The zero-order chi connectivity index (χ0) is 15.2. The van der Waals surface area contributed by atoms with Crippen LogP contribution in [0.2, 0.25) is 0 Å². The van der Waals surface area contributed by atoms with E-state index in [0.29, 0.717) is 0 Å². The summed E-state index contributed by atoms with van der Waals surface area (Å²) < 4.78 is 0. The molecule has 0 saturated heterocycles. The lowest BCUT2D eigenvalue weighted by atomic mass is 10.2. The zero-order valence-electron chi connectivity index (χ0n) is 13.3. The minimum atomic E-state index is 0.765. The molecule has 112 valence electrons. The van der Waals surface area contributed by atoms with Crippen molar-refractivity contribution in [2.45, 2.75) is 33.4 Å². The van der Waals surface area contributed by atoms with Crippen LogP contribution in [0.4, 0.5) is 5.82 Å². The summed E-state index contributed by atoms with van der Waals surface area (Å²) in [5.41, 5.74) is 4.51. The summed E-state index contributed by atoms with van der Waals surface area (Å²) in [6.45, 7) is 5.78. The van der Waals surface area contributed by atoms with Gasteiger partial charge < -0.3 is 10.2 Å². The molecule has 0 bridgehead atoms. The third kappa shape index (κ3) is 4.26. The van der Waals surface area contributed by atoms with Gasteiger partial charge in [0.15, 0.2) is 0 Å². The Kier molecular flexibility index (Phi) is 5.28. The van der Waals surface area contributed by atoms with Crippen LogP contribution in [0.3, 0.4) is 0 Å². The van der Waals surface area contributed by atoms with Crippen molar-refractivity contribution in [3.05, 3.63) is 53.0 Å². The lowest BCUT2D eigenvalue weighted by Crippen LogP contribution is -2.20. The van der Waals surface area contributed by atoms with Crippen LogP contribution in [-0.2, 0) is 19.5 Å². The molecule has 0 amide bonds. The highest BCUT2D eigenvalue weighted by atomic mass is 15.2. The third-order valence-corrected chi connectivity index (χ3v) is 3.40. The number of hydrogen-bond acceptors (Lipinski definition) is 4. The first-order valence-electron chi connectivity index (χ1n) is 7.40. The van der Waals surface area contributed by atoms with Crippen molar-refractivity contribution in [2.24, 2.45) is 0 Å². The van der Waals surface area contributed by atoms with Crippen LogP contribution in [0.25, 0.3) is 0 Å². The molecule has 0 aromatic carbocycles. The first-order valence-corrected chi connectivity index (χ1v) is 7.40. The number of anilines is 1. The largest absolute Gasteiger partial charge is 0.354 e. The SMILES string of the molecule is CCc1cc(CNC)cc(N(C)Cc2cccc(C)n2)n1. The van der Waals surface area contributed by atoms with E-state index in [0.717, 1.165) is 42.4 Å². The second-order valence-corrected chi connectivity index (χ2v) is 5.34. The van der Waals surface area contributed by atoms with Gasteiger partial charge in [0.1, 0.15) is 5.82 Å². The lowest BCUT2D eigenvalue weighted by Gasteiger charge is -2.20. The molecule has 0 atom stereocenters. The highest BCUT2D eigenvalue weighted by molar-refractivity contribution is 5.42. The molecular formula is C17H24N4. The Bertz CT molecular complexity index is 595. The van der Waals surface area contributed by atoms with E-state index in [2.05, 4.69) is 47.4 Å². The van der Waals surface area contributed by atoms with Crippen LogP contribution in [-0.4, -0.2) is 24.1 Å². The van der Waals surface area contributed by atoms with E-state index in [4.69, 9.17) is 4.98 Å². The van der Waals surface area contributed by atoms with E-state index in [-0.39, 0.29) is 0 Å². The van der Waals surface area contributed by atoms with E-state index in [1.165, 1.54) is 5.56 Å². The monoisotopic (exact) mass is 284 g/mol. The molecule has 0 aliphatic heterocycles. The number of hydrogen-bond donors (Lipinski definition) is 1. The van der Waals surface area contributed by atoms with Crippen LogP contribution >= 0.6 is 0 Å². The summed E-state index contributed by atoms with van der Waals surface area (Å²) in [7, 11) is 4.03.